The zero-order chi connectivity index (χ0) is 14.2. The van der Waals surface area contributed by atoms with Gasteiger partial charge in [-0.1, -0.05) is 17.7 Å². The van der Waals surface area contributed by atoms with E-state index in [4.69, 9.17) is 21.8 Å². The van der Waals surface area contributed by atoms with E-state index in [2.05, 4.69) is 0 Å². The molecule has 2 nitrogen and oxygen atoms in total. The van der Waals surface area contributed by atoms with Crippen molar-refractivity contribution in [3.05, 3.63) is 57.2 Å². The van der Waals surface area contributed by atoms with E-state index < -0.39 is 0 Å². The highest BCUT2D eigenvalue weighted by Gasteiger charge is 2.19. The summed E-state index contributed by atoms with van der Waals surface area (Å²) in [7, 11) is 0. The van der Waals surface area contributed by atoms with Gasteiger partial charge in [-0.15, -0.1) is 0 Å². The van der Waals surface area contributed by atoms with Crippen LogP contribution in [0.4, 0.5) is 4.39 Å². The number of furan rings is 1. The Morgan fingerprint density at radius 1 is 1.26 bits per heavy atom. The molecule has 1 atom stereocenters. The van der Waals surface area contributed by atoms with Crippen LogP contribution in [0.3, 0.4) is 0 Å². The van der Waals surface area contributed by atoms with Crippen LogP contribution in [0.1, 0.15) is 34.3 Å². The van der Waals surface area contributed by atoms with Gasteiger partial charge in [0.15, 0.2) is 0 Å². The maximum atomic E-state index is 13.8. The first-order valence-electron chi connectivity index (χ1n) is 6.16. The molecule has 0 aliphatic rings. The third-order valence-electron chi connectivity index (χ3n) is 3.44. The second-order valence-corrected chi connectivity index (χ2v) is 5.24. The molecule has 1 aromatic carbocycles. The monoisotopic (exact) mass is 281 g/mol. The normalized spacial score (nSPS) is 12.7. The summed E-state index contributed by atoms with van der Waals surface area (Å²) in [5.74, 6) is 1.34. The highest BCUT2D eigenvalue weighted by atomic mass is 35.5. The number of hydrogen-bond acceptors (Lipinski definition) is 2. The van der Waals surface area contributed by atoms with E-state index in [0.29, 0.717) is 17.0 Å². The molecule has 0 saturated carbocycles. The number of benzene rings is 1. The van der Waals surface area contributed by atoms with Gasteiger partial charge in [0.05, 0.1) is 0 Å². The van der Waals surface area contributed by atoms with Gasteiger partial charge in [0.1, 0.15) is 17.3 Å². The Morgan fingerprint density at radius 3 is 2.47 bits per heavy atom. The quantitative estimate of drug-likeness (QED) is 0.914. The molecule has 1 unspecified atom stereocenters. The van der Waals surface area contributed by atoms with Crippen molar-refractivity contribution >= 4 is 11.6 Å². The first-order chi connectivity index (χ1) is 8.90. The Morgan fingerprint density at radius 2 is 1.95 bits per heavy atom. The Kier molecular flexibility index (Phi) is 3.97. The summed E-state index contributed by atoms with van der Waals surface area (Å²) in [6, 6.07) is 4.37. The topological polar surface area (TPSA) is 39.2 Å². The molecular weight excluding hydrogens is 265 g/mol. The summed E-state index contributed by atoms with van der Waals surface area (Å²) in [5, 5.41) is 0.390. The number of halogens is 2. The van der Waals surface area contributed by atoms with Gasteiger partial charge in [0.25, 0.3) is 0 Å². The maximum absolute atomic E-state index is 13.8. The average Bonchev–Trinajstić information content (AvgIpc) is 2.57. The van der Waals surface area contributed by atoms with Gasteiger partial charge in [-0.3, -0.25) is 0 Å². The summed E-state index contributed by atoms with van der Waals surface area (Å²) in [6.45, 7) is 5.76. The molecule has 2 N–H and O–H groups in total. The molecule has 1 heterocycles. The van der Waals surface area contributed by atoms with Crippen molar-refractivity contribution in [3.8, 4) is 0 Å². The predicted octanol–water partition coefficient (Wildman–Crippen LogP) is 4.24. The molecule has 2 aromatic rings. The summed E-state index contributed by atoms with van der Waals surface area (Å²) in [6.07, 6.45) is 0.420. The van der Waals surface area contributed by atoms with E-state index in [1.807, 2.05) is 20.8 Å². The minimum atomic E-state index is -0.321. The second-order valence-electron chi connectivity index (χ2n) is 4.80. The van der Waals surface area contributed by atoms with Gasteiger partial charge in [-0.25, -0.2) is 4.39 Å². The molecule has 0 radical (unpaired) electrons. The first kappa shape index (κ1) is 14.1. The zero-order valence-corrected chi connectivity index (χ0v) is 12.0. The summed E-state index contributed by atoms with van der Waals surface area (Å²) in [5.41, 5.74) is 8.76. The molecule has 4 heteroatoms. The standard InChI is InChI=1S/C15H17ClFNO/c1-8-9(2)19-10(3)15(8)14(18)6-11-4-5-12(16)7-13(11)17/h4-5,7,14H,6,18H2,1-3H3. The molecule has 0 fully saturated rings. The van der Waals surface area contributed by atoms with Crippen LogP contribution in [-0.4, -0.2) is 0 Å². The molecule has 1 aromatic heterocycles. The lowest BCUT2D eigenvalue weighted by atomic mass is 9.96. The molecule has 0 aliphatic carbocycles. The minimum Gasteiger partial charge on any atom is -0.466 e. The molecule has 0 bridgehead atoms. The van der Waals surface area contributed by atoms with Crippen molar-refractivity contribution in [2.45, 2.75) is 33.2 Å². The Hall–Kier alpha value is -1.32. The number of nitrogens with two attached hydrogens (primary N) is 1. The van der Waals surface area contributed by atoms with Crippen LogP contribution in [0.5, 0.6) is 0 Å². The van der Waals surface area contributed by atoms with Crippen molar-refractivity contribution in [1.82, 2.24) is 0 Å². The van der Waals surface area contributed by atoms with Crippen molar-refractivity contribution in [2.75, 3.05) is 0 Å². The lowest BCUT2D eigenvalue weighted by Crippen LogP contribution is -2.15. The summed E-state index contributed by atoms with van der Waals surface area (Å²) >= 11 is 5.74. The van der Waals surface area contributed by atoms with Crippen LogP contribution in [0.15, 0.2) is 22.6 Å². The molecule has 19 heavy (non-hydrogen) atoms. The number of aryl methyl sites for hydroxylation is 2. The highest BCUT2D eigenvalue weighted by Crippen LogP contribution is 2.28. The molecule has 2 rings (SSSR count). The predicted molar refractivity (Wildman–Crippen MR) is 75.0 cm³/mol. The van der Waals surface area contributed by atoms with Crippen molar-refractivity contribution < 1.29 is 8.81 Å². The van der Waals surface area contributed by atoms with Crippen molar-refractivity contribution in [3.63, 3.8) is 0 Å². The van der Waals surface area contributed by atoms with E-state index in [9.17, 15) is 4.39 Å². The molecule has 0 aliphatic heterocycles. The van der Waals surface area contributed by atoms with Gasteiger partial charge in [-0.05, 0) is 50.5 Å². The van der Waals surface area contributed by atoms with Gasteiger partial charge in [0, 0.05) is 16.6 Å². The Balaban J connectivity index is 2.28. The van der Waals surface area contributed by atoms with Gasteiger partial charge in [0.2, 0.25) is 0 Å². The third-order valence-corrected chi connectivity index (χ3v) is 3.68. The first-order valence-corrected chi connectivity index (χ1v) is 6.54. The van der Waals surface area contributed by atoms with Crippen molar-refractivity contribution in [1.29, 1.82) is 0 Å². The largest absolute Gasteiger partial charge is 0.466 e. The summed E-state index contributed by atoms with van der Waals surface area (Å²) in [4.78, 5) is 0. The Labute approximate surface area is 117 Å². The lowest BCUT2D eigenvalue weighted by Gasteiger charge is -2.13. The molecule has 0 saturated heterocycles. The van der Waals surface area contributed by atoms with Gasteiger partial charge < -0.3 is 10.2 Å². The zero-order valence-electron chi connectivity index (χ0n) is 11.3. The fourth-order valence-electron chi connectivity index (χ4n) is 2.38. The van der Waals surface area contributed by atoms with Crippen LogP contribution < -0.4 is 5.73 Å². The van der Waals surface area contributed by atoms with Gasteiger partial charge in [-0.2, -0.15) is 0 Å². The van der Waals surface area contributed by atoms with E-state index >= 15 is 0 Å². The fourth-order valence-corrected chi connectivity index (χ4v) is 2.54. The average molecular weight is 282 g/mol. The van der Waals surface area contributed by atoms with Crippen LogP contribution >= 0.6 is 11.6 Å². The maximum Gasteiger partial charge on any atom is 0.127 e. The molecular formula is C15H17ClFNO. The van der Waals surface area contributed by atoms with E-state index in [1.54, 1.807) is 12.1 Å². The van der Waals surface area contributed by atoms with E-state index in [1.165, 1.54) is 6.07 Å². The summed E-state index contributed by atoms with van der Waals surface area (Å²) < 4.78 is 19.3. The smallest absolute Gasteiger partial charge is 0.127 e. The van der Waals surface area contributed by atoms with Crippen LogP contribution in [-0.2, 0) is 6.42 Å². The highest BCUT2D eigenvalue weighted by molar-refractivity contribution is 6.30. The number of rotatable bonds is 3. The van der Waals surface area contributed by atoms with Gasteiger partial charge >= 0.3 is 0 Å². The fraction of sp³-hybridized carbons (Fsp3) is 0.333. The van der Waals surface area contributed by atoms with Crippen LogP contribution in [0, 0.1) is 26.6 Å². The Bertz CT molecular complexity index is 606. The van der Waals surface area contributed by atoms with Crippen LogP contribution in [0.25, 0.3) is 0 Å². The lowest BCUT2D eigenvalue weighted by molar-refractivity contribution is 0.495. The third kappa shape index (κ3) is 2.82. The minimum absolute atomic E-state index is 0.284. The number of hydrogen-bond donors (Lipinski definition) is 1. The van der Waals surface area contributed by atoms with Crippen LogP contribution in [0.2, 0.25) is 5.02 Å². The van der Waals surface area contributed by atoms with Crippen molar-refractivity contribution in [2.24, 2.45) is 5.73 Å². The molecule has 0 amide bonds. The van der Waals surface area contributed by atoms with E-state index in [0.717, 1.165) is 22.6 Å². The molecule has 102 valence electrons. The molecule has 0 spiro atoms. The SMILES string of the molecule is Cc1oc(C)c(C(N)Cc2ccc(Cl)cc2F)c1C. The van der Waals surface area contributed by atoms with E-state index in [-0.39, 0.29) is 11.9 Å². The second kappa shape index (κ2) is 5.35.